The van der Waals surface area contributed by atoms with Crippen molar-refractivity contribution in [3.8, 4) is 11.1 Å². The third kappa shape index (κ3) is 4.86. The Morgan fingerprint density at radius 1 is 0.963 bits per heavy atom. The highest BCUT2D eigenvalue weighted by Crippen LogP contribution is 2.20. The number of rotatable bonds is 8. The summed E-state index contributed by atoms with van der Waals surface area (Å²) in [5.74, 6) is 0.0481. The Hall–Kier alpha value is -2.85. The van der Waals surface area contributed by atoms with Gasteiger partial charge in [0.25, 0.3) is 5.91 Å². The summed E-state index contributed by atoms with van der Waals surface area (Å²) in [4.78, 5) is 15.0. The molecule has 2 aromatic carbocycles. The van der Waals surface area contributed by atoms with Crippen LogP contribution in [0.25, 0.3) is 11.1 Å². The van der Waals surface area contributed by atoms with Gasteiger partial charge in [-0.25, -0.2) is 0 Å². The predicted molar refractivity (Wildman–Crippen MR) is 109 cm³/mol. The van der Waals surface area contributed by atoms with Crippen molar-refractivity contribution in [3.63, 3.8) is 0 Å². The second-order valence-corrected chi connectivity index (χ2v) is 6.63. The molecule has 27 heavy (non-hydrogen) atoms. The lowest BCUT2D eigenvalue weighted by molar-refractivity contribution is 0.0720. The molecule has 4 heteroatoms. The van der Waals surface area contributed by atoms with E-state index in [2.05, 4.69) is 22.8 Å². The first-order valence-corrected chi connectivity index (χ1v) is 9.23. The summed E-state index contributed by atoms with van der Waals surface area (Å²) >= 11 is 0. The Bertz CT molecular complexity index is 854. The Kier molecular flexibility index (Phi) is 6.44. The zero-order valence-electron chi connectivity index (χ0n) is 16.0. The molecule has 0 saturated heterocycles. The van der Waals surface area contributed by atoms with Crippen LogP contribution in [0.15, 0.2) is 72.9 Å². The van der Waals surface area contributed by atoms with Gasteiger partial charge in [0.15, 0.2) is 0 Å². The van der Waals surface area contributed by atoms with Gasteiger partial charge in [-0.05, 0) is 41.8 Å². The third-order valence-electron chi connectivity index (χ3n) is 4.71. The summed E-state index contributed by atoms with van der Waals surface area (Å²) in [5.41, 5.74) is 4.08. The van der Waals surface area contributed by atoms with E-state index in [-0.39, 0.29) is 5.91 Å². The van der Waals surface area contributed by atoms with Crippen molar-refractivity contribution in [2.75, 3.05) is 20.3 Å². The molecule has 3 aromatic rings. The summed E-state index contributed by atoms with van der Waals surface area (Å²) in [6, 6.07) is 22.1. The number of benzene rings is 2. The molecule has 0 unspecified atom stereocenters. The molecular weight excluding hydrogens is 336 g/mol. The topological polar surface area (TPSA) is 34.5 Å². The minimum absolute atomic E-state index is 0.0481. The molecule has 1 amide bonds. The van der Waals surface area contributed by atoms with Gasteiger partial charge in [0.1, 0.15) is 0 Å². The van der Waals surface area contributed by atoms with Crippen molar-refractivity contribution in [2.45, 2.75) is 13.0 Å². The summed E-state index contributed by atoms with van der Waals surface area (Å²) < 4.78 is 7.21. The molecule has 0 spiro atoms. The average Bonchev–Trinajstić information content (AvgIpc) is 3.12. The first kappa shape index (κ1) is 18.9. The quantitative estimate of drug-likeness (QED) is 0.558. The highest BCUT2D eigenvalue weighted by Gasteiger charge is 2.17. The molecule has 0 radical (unpaired) electrons. The van der Waals surface area contributed by atoms with Gasteiger partial charge in [-0.3, -0.25) is 4.79 Å². The lowest BCUT2D eigenvalue weighted by Gasteiger charge is -2.23. The van der Waals surface area contributed by atoms with Crippen LogP contribution < -0.4 is 0 Å². The van der Waals surface area contributed by atoms with Crippen LogP contribution in [0, 0.1) is 0 Å². The smallest absolute Gasteiger partial charge is 0.254 e. The van der Waals surface area contributed by atoms with Crippen molar-refractivity contribution in [3.05, 3.63) is 84.2 Å². The fraction of sp³-hybridized carbons (Fsp3) is 0.261. The van der Waals surface area contributed by atoms with E-state index < -0.39 is 0 Å². The van der Waals surface area contributed by atoms with E-state index in [1.165, 1.54) is 0 Å². The van der Waals surface area contributed by atoms with E-state index in [4.69, 9.17) is 4.74 Å². The molecule has 0 aliphatic rings. The second kappa shape index (κ2) is 9.19. The lowest BCUT2D eigenvalue weighted by Crippen LogP contribution is -2.32. The van der Waals surface area contributed by atoms with Gasteiger partial charge in [0, 0.05) is 44.8 Å². The lowest BCUT2D eigenvalue weighted by atomic mass is 10.0. The summed E-state index contributed by atoms with van der Waals surface area (Å²) in [7, 11) is 3.69. The molecule has 0 aliphatic carbocycles. The van der Waals surface area contributed by atoms with Crippen LogP contribution in [-0.2, 0) is 18.3 Å². The zero-order valence-corrected chi connectivity index (χ0v) is 16.0. The first-order valence-electron chi connectivity index (χ1n) is 9.23. The van der Waals surface area contributed by atoms with Gasteiger partial charge in [-0.1, -0.05) is 42.5 Å². The maximum absolute atomic E-state index is 13.1. The van der Waals surface area contributed by atoms with E-state index in [9.17, 15) is 4.79 Å². The van der Waals surface area contributed by atoms with Crippen LogP contribution >= 0.6 is 0 Å². The van der Waals surface area contributed by atoms with Crippen molar-refractivity contribution in [1.82, 2.24) is 9.47 Å². The van der Waals surface area contributed by atoms with Crippen LogP contribution in [-0.4, -0.2) is 35.6 Å². The van der Waals surface area contributed by atoms with Gasteiger partial charge in [0.2, 0.25) is 0 Å². The molecule has 0 bridgehead atoms. The number of aromatic nitrogens is 1. The molecular formula is C23H26N2O2. The third-order valence-corrected chi connectivity index (χ3v) is 4.71. The van der Waals surface area contributed by atoms with Crippen molar-refractivity contribution in [1.29, 1.82) is 0 Å². The molecule has 3 rings (SSSR count). The molecule has 140 valence electrons. The number of amides is 1. The average molecular weight is 362 g/mol. The Balaban J connectivity index is 1.77. The van der Waals surface area contributed by atoms with Crippen LogP contribution in [0.1, 0.15) is 22.5 Å². The van der Waals surface area contributed by atoms with Crippen molar-refractivity contribution >= 4 is 5.91 Å². The van der Waals surface area contributed by atoms with Gasteiger partial charge in [-0.15, -0.1) is 0 Å². The zero-order chi connectivity index (χ0) is 19.1. The maximum Gasteiger partial charge on any atom is 0.254 e. The molecule has 0 N–H and O–H groups in total. The molecule has 0 aliphatic heterocycles. The number of methoxy groups -OCH3 is 1. The fourth-order valence-electron chi connectivity index (χ4n) is 3.13. The monoisotopic (exact) mass is 362 g/mol. The molecule has 0 atom stereocenters. The van der Waals surface area contributed by atoms with Crippen molar-refractivity contribution in [2.24, 2.45) is 7.05 Å². The number of nitrogens with zero attached hydrogens (tertiary/aromatic N) is 2. The molecule has 0 saturated carbocycles. The molecule has 1 heterocycles. The number of ether oxygens (including phenoxy) is 1. The predicted octanol–water partition coefficient (Wildman–Crippen LogP) is 4.37. The van der Waals surface area contributed by atoms with E-state index >= 15 is 0 Å². The minimum atomic E-state index is 0.0481. The first-order chi connectivity index (χ1) is 13.2. The van der Waals surface area contributed by atoms with Crippen LogP contribution in [0.2, 0.25) is 0 Å². The van der Waals surface area contributed by atoms with E-state index in [0.29, 0.717) is 25.3 Å². The van der Waals surface area contributed by atoms with E-state index in [0.717, 1.165) is 23.2 Å². The largest absolute Gasteiger partial charge is 0.385 e. The highest BCUT2D eigenvalue weighted by atomic mass is 16.5. The second-order valence-electron chi connectivity index (χ2n) is 6.63. The summed E-state index contributed by atoms with van der Waals surface area (Å²) in [6.07, 6.45) is 2.82. The summed E-state index contributed by atoms with van der Waals surface area (Å²) in [5, 5.41) is 0. The molecule has 0 fully saturated rings. The highest BCUT2D eigenvalue weighted by molar-refractivity contribution is 5.94. The number of hydrogen-bond donors (Lipinski definition) is 0. The SMILES string of the molecule is COCCCN(Cc1cccn1C)C(=O)c1ccc(-c2ccccc2)cc1. The molecule has 1 aromatic heterocycles. The Labute approximate surface area is 161 Å². The van der Waals surface area contributed by atoms with Gasteiger partial charge >= 0.3 is 0 Å². The minimum Gasteiger partial charge on any atom is -0.385 e. The Morgan fingerprint density at radius 2 is 1.67 bits per heavy atom. The maximum atomic E-state index is 13.1. The normalized spacial score (nSPS) is 10.7. The number of carbonyl (C=O) groups excluding carboxylic acids is 1. The number of hydrogen-bond acceptors (Lipinski definition) is 2. The van der Waals surface area contributed by atoms with Gasteiger partial charge in [-0.2, -0.15) is 0 Å². The van der Waals surface area contributed by atoms with Crippen molar-refractivity contribution < 1.29 is 9.53 Å². The molecule has 4 nitrogen and oxygen atoms in total. The number of carbonyl (C=O) groups is 1. The van der Waals surface area contributed by atoms with Gasteiger partial charge < -0.3 is 14.2 Å². The van der Waals surface area contributed by atoms with Crippen LogP contribution in [0.4, 0.5) is 0 Å². The summed E-state index contributed by atoms with van der Waals surface area (Å²) in [6.45, 7) is 1.90. The fourth-order valence-corrected chi connectivity index (χ4v) is 3.13. The van der Waals surface area contributed by atoms with E-state index in [1.54, 1.807) is 7.11 Å². The van der Waals surface area contributed by atoms with Gasteiger partial charge in [0.05, 0.1) is 6.54 Å². The number of aryl methyl sites for hydroxylation is 1. The Morgan fingerprint density at radius 3 is 2.30 bits per heavy atom. The van der Waals surface area contributed by atoms with E-state index in [1.807, 2.05) is 66.7 Å². The van der Waals surface area contributed by atoms with Crippen LogP contribution in [0.3, 0.4) is 0 Å². The standard InChI is InChI=1S/C23H26N2O2/c1-24-15-6-10-22(24)18-25(16-7-17-27-2)23(26)21-13-11-20(12-14-21)19-8-4-3-5-9-19/h3-6,8-15H,7,16-18H2,1-2H3. The van der Waals surface area contributed by atoms with Crippen LogP contribution in [0.5, 0.6) is 0 Å².